The van der Waals surface area contributed by atoms with Crippen molar-refractivity contribution in [2.45, 2.75) is 6.92 Å². The first-order valence-corrected chi connectivity index (χ1v) is 17.0. The molecule has 0 unspecified atom stereocenters. The van der Waals surface area contributed by atoms with Crippen molar-refractivity contribution < 1.29 is 45.8 Å². The second-order valence-electron chi connectivity index (χ2n) is 9.78. The first-order valence-electron chi connectivity index (χ1n) is 12.9. The predicted molar refractivity (Wildman–Crippen MR) is 160 cm³/mol. The van der Waals surface area contributed by atoms with Gasteiger partial charge in [0.15, 0.2) is 17.1 Å². The number of hydrogen-bond donors (Lipinski definition) is 4. The van der Waals surface area contributed by atoms with E-state index in [4.69, 9.17) is 4.42 Å². The van der Waals surface area contributed by atoms with Gasteiger partial charge in [-0.15, -0.1) is 0 Å². The SMILES string of the molecule is CC(=O)c1cc2c(N(CCNCCS(C)(=O)=O)C(=O)O)c3ccccc3c(N(CCNCCS(C)(=O)=O)C(=O)O)c2o1. The Bertz CT molecular complexity index is 1580. The molecule has 0 atom stereocenters. The number of carbonyl (C=O) groups excluding carboxylic acids is 1. The summed E-state index contributed by atoms with van der Waals surface area (Å²) in [6.45, 7) is 1.50. The van der Waals surface area contributed by atoms with E-state index < -0.39 is 37.6 Å². The minimum atomic E-state index is -3.22. The van der Waals surface area contributed by atoms with Gasteiger partial charge in [-0.2, -0.15) is 0 Å². The maximum Gasteiger partial charge on any atom is 0.412 e. The molecule has 3 rings (SSSR count). The molecule has 0 aliphatic carbocycles. The highest BCUT2D eigenvalue weighted by molar-refractivity contribution is 7.90. The lowest BCUT2D eigenvalue weighted by Crippen LogP contribution is -2.38. The van der Waals surface area contributed by atoms with Crippen molar-refractivity contribution in [2.24, 2.45) is 0 Å². The van der Waals surface area contributed by atoms with E-state index in [-0.39, 0.29) is 78.9 Å². The molecule has 4 N–H and O–H groups in total. The number of furan rings is 1. The number of nitrogens with one attached hydrogen (secondary N) is 2. The van der Waals surface area contributed by atoms with Crippen LogP contribution in [0.1, 0.15) is 17.5 Å². The lowest BCUT2D eigenvalue weighted by atomic mass is 10.0. The van der Waals surface area contributed by atoms with Crippen LogP contribution in [0.25, 0.3) is 21.7 Å². The summed E-state index contributed by atoms with van der Waals surface area (Å²) in [5.41, 5.74) is 0.268. The average molecular weight is 627 g/mol. The minimum absolute atomic E-state index is 0.0104. The molecule has 0 aliphatic rings. The van der Waals surface area contributed by atoms with Gasteiger partial charge >= 0.3 is 12.2 Å². The van der Waals surface area contributed by atoms with Gasteiger partial charge in [-0.3, -0.25) is 14.6 Å². The van der Waals surface area contributed by atoms with E-state index in [0.717, 1.165) is 22.3 Å². The zero-order valence-electron chi connectivity index (χ0n) is 23.4. The summed E-state index contributed by atoms with van der Waals surface area (Å²) in [5.74, 6) is -0.812. The van der Waals surface area contributed by atoms with Crippen LogP contribution in [0.2, 0.25) is 0 Å². The van der Waals surface area contributed by atoms with Crippen LogP contribution in [-0.4, -0.2) is 108 Å². The summed E-state index contributed by atoms with van der Waals surface area (Å²) in [4.78, 5) is 39.4. The molecule has 1 heterocycles. The Morgan fingerprint density at radius 1 is 0.762 bits per heavy atom. The molecular weight excluding hydrogens is 592 g/mol. The monoisotopic (exact) mass is 626 g/mol. The molecule has 2 amide bonds. The quantitative estimate of drug-likeness (QED) is 0.109. The molecule has 0 bridgehead atoms. The molecular formula is C26H34N4O10S2. The predicted octanol–water partition coefficient (Wildman–Crippen LogP) is 2.03. The highest BCUT2D eigenvalue weighted by Gasteiger charge is 2.29. The number of hydrogen-bond acceptors (Lipinski definition) is 10. The maximum atomic E-state index is 12.5. The number of fused-ring (bicyclic) bond motifs is 2. The van der Waals surface area contributed by atoms with E-state index in [1.165, 1.54) is 13.0 Å². The van der Waals surface area contributed by atoms with E-state index in [2.05, 4.69) is 10.6 Å². The van der Waals surface area contributed by atoms with E-state index >= 15 is 0 Å². The Kier molecular flexibility index (Phi) is 10.5. The molecule has 16 heteroatoms. The van der Waals surface area contributed by atoms with Crippen LogP contribution in [0.5, 0.6) is 0 Å². The van der Waals surface area contributed by atoms with Gasteiger partial charge in [0.25, 0.3) is 0 Å². The standard InChI is InChI=1S/C26H34N4O10S2/c1-17(31)21-16-20-22(29(25(32)33)12-8-27-10-14-41(2,36)37)18-6-4-5-7-19(18)23(24(20)40-21)30(26(34)35)13-9-28-11-15-42(3,38)39/h4-7,16,27-28H,8-15H2,1-3H3,(H,32,33)(H,34,35). The van der Waals surface area contributed by atoms with Crippen molar-refractivity contribution in [1.82, 2.24) is 10.6 Å². The molecule has 0 saturated heterocycles. The number of amides is 2. The Labute approximate surface area is 243 Å². The lowest BCUT2D eigenvalue weighted by molar-refractivity contribution is 0.0989. The molecule has 2 aromatic carbocycles. The van der Waals surface area contributed by atoms with Crippen LogP contribution < -0.4 is 20.4 Å². The highest BCUT2D eigenvalue weighted by Crippen LogP contribution is 2.45. The fraction of sp³-hybridized carbons (Fsp3) is 0.423. The average Bonchev–Trinajstić information content (AvgIpc) is 3.31. The number of ketones is 1. The van der Waals surface area contributed by atoms with Crippen molar-refractivity contribution in [1.29, 1.82) is 0 Å². The van der Waals surface area contributed by atoms with Crippen LogP contribution in [0.4, 0.5) is 21.0 Å². The Morgan fingerprint density at radius 2 is 1.21 bits per heavy atom. The van der Waals surface area contributed by atoms with Crippen LogP contribution in [0.15, 0.2) is 34.7 Å². The van der Waals surface area contributed by atoms with Crippen molar-refractivity contribution in [3.8, 4) is 0 Å². The molecule has 230 valence electrons. The fourth-order valence-corrected chi connectivity index (χ4v) is 5.42. The number of benzene rings is 2. The summed E-state index contributed by atoms with van der Waals surface area (Å²) < 4.78 is 51.6. The van der Waals surface area contributed by atoms with E-state index in [0.29, 0.717) is 10.8 Å². The Balaban J connectivity index is 2.12. The summed E-state index contributed by atoms with van der Waals surface area (Å²) in [6, 6.07) is 7.93. The largest absolute Gasteiger partial charge is 0.465 e. The van der Waals surface area contributed by atoms with Gasteiger partial charge in [0.1, 0.15) is 19.7 Å². The number of sulfone groups is 2. The van der Waals surface area contributed by atoms with E-state index in [1.54, 1.807) is 24.3 Å². The van der Waals surface area contributed by atoms with Gasteiger partial charge in [-0.1, -0.05) is 24.3 Å². The van der Waals surface area contributed by atoms with Crippen LogP contribution in [0, 0.1) is 0 Å². The van der Waals surface area contributed by atoms with Crippen molar-refractivity contribution in [2.75, 3.05) is 73.1 Å². The van der Waals surface area contributed by atoms with Gasteiger partial charge in [0.2, 0.25) is 0 Å². The van der Waals surface area contributed by atoms with Gasteiger partial charge in [0.05, 0.1) is 22.9 Å². The van der Waals surface area contributed by atoms with E-state index in [1.807, 2.05) is 0 Å². The lowest BCUT2D eigenvalue weighted by Gasteiger charge is -2.26. The van der Waals surface area contributed by atoms with Crippen molar-refractivity contribution in [3.05, 3.63) is 36.1 Å². The fourth-order valence-electron chi connectivity index (χ4n) is 4.39. The number of rotatable bonds is 15. The zero-order valence-corrected chi connectivity index (χ0v) is 25.0. The molecule has 42 heavy (non-hydrogen) atoms. The number of anilines is 2. The first-order chi connectivity index (χ1) is 19.6. The van der Waals surface area contributed by atoms with Crippen LogP contribution >= 0.6 is 0 Å². The normalized spacial score (nSPS) is 12.1. The summed E-state index contributed by atoms with van der Waals surface area (Å²) >= 11 is 0. The molecule has 14 nitrogen and oxygen atoms in total. The van der Waals surface area contributed by atoms with E-state index in [9.17, 15) is 41.4 Å². The van der Waals surface area contributed by atoms with Crippen LogP contribution in [-0.2, 0) is 19.7 Å². The number of Topliss-reactive ketones (excluding diaryl/α,β-unsaturated/α-hetero) is 1. The number of carboxylic acid groups (broad SMARTS) is 2. The second kappa shape index (κ2) is 13.5. The topological polar surface area (TPSA) is 204 Å². The highest BCUT2D eigenvalue weighted by atomic mass is 32.2. The molecule has 0 aliphatic heterocycles. The smallest absolute Gasteiger partial charge is 0.412 e. The van der Waals surface area contributed by atoms with Crippen molar-refractivity contribution >= 4 is 70.8 Å². The third kappa shape index (κ3) is 8.40. The minimum Gasteiger partial charge on any atom is -0.465 e. The molecule has 1 aromatic heterocycles. The molecule has 3 aromatic rings. The molecule has 0 saturated carbocycles. The Morgan fingerprint density at radius 3 is 1.64 bits per heavy atom. The summed E-state index contributed by atoms with van der Waals surface area (Å²) in [7, 11) is -6.43. The van der Waals surface area contributed by atoms with Gasteiger partial charge in [-0.05, 0) is 6.07 Å². The van der Waals surface area contributed by atoms with Gasteiger partial charge < -0.3 is 25.3 Å². The summed E-state index contributed by atoms with van der Waals surface area (Å²) in [6.07, 6.45) is -0.474. The molecule has 0 radical (unpaired) electrons. The van der Waals surface area contributed by atoms with Gasteiger partial charge in [-0.25, -0.2) is 26.4 Å². The Hall–Kier alpha value is -3.73. The second-order valence-corrected chi connectivity index (χ2v) is 14.3. The van der Waals surface area contributed by atoms with Gasteiger partial charge in [0, 0.05) is 74.9 Å². The molecule has 0 spiro atoms. The number of nitrogens with zero attached hydrogens (tertiary/aromatic N) is 2. The summed E-state index contributed by atoms with van der Waals surface area (Å²) in [5, 5.41) is 27.1. The first kappa shape index (κ1) is 32.8. The van der Waals surface area contributed by atoms with Crippen LogP contribution in [0.3, 0.4) is 0 Å². The number of carbonyl (C=O) groups is 3. The molecule has 0 fully saturated rings. The maximum absolute atomic E-state index is 12.5. The zero-order chi connectivity index (χ0) is 31.2. The third-order valence-corrected chi connectivity index (χ3v) is 8.20. The third-order valence-electron chi connectivity index (χ3n) is 6.31. The van der Waals surface area contributed by atoms with Crippen molar-refractivity contribution in [3.63, 3.8) is 0 Å².